The molecule has 1 saturated heterocycles. The topological polar surface area (TPSA) is 81.2 Å². The molecule has 22 heavy (non-hydrogen) atoms. The molecule has 7 heteroatoms. The molecule has 1 aromatic heterocycles. The standard InChI is InChI=1S/C15H19N5O2/c1-21-13-7-3-2-6-12(13)18-14-10-17-20-15(19-14)16-9-11-5-4-8-22-11/h2-3,6-7,10-11H,4-5,8-9H2,1H3,(H2,16,18,19,20). The van der Waals surface area contributed by atoms with Crippen molar-refractivity contribution in [3.8, 4) is 5.75 Å². The number of hydrogen-bond acceptors (Lipinski definition) is 7. The maximum Gasteiger partial charge on any atom is 0.244 e. The molecule has 1 atom stereocenters. The molecule has 0 saturated carbocycles. The summed E-state index contributed by atoms with van der Waals surface area (Å²) >= 11 is 0. The number of ether oxygens (including phenoxy) is 2. The Bertz CT molecular complexity index is 616. The van der Waals surface area contributed by atoms with E-state index in [-0.39, 0.29) is 6.10 Å². The van der Waals surface area contributed by atoms with Crippen LogP contribution in [0.1, 0.15) is 12.8 Å². The monoisotopic (exact) mass is 301 g/mol. The highest BCUT2D eigenvalue weighted by Gasteiger charge is 2.15. The largest absolute Gasteiger partial charge is 0.495 e. The predicted octanol–water partition coefficient (Wildman–Crippen LogP) is 2.21. The van der Waals surface area contributed by atoms with Gasteiger partial charge in [-0.2, -0.15) is 10.1 Å². The van der Waals surface area contributed by atoms with E-state index < -0.39 is 0 Å². The first-order valence-corrected chi connectivity index (χ1v) is 7.30. The lowest BCUT2D eigenvalue weighted by atomic mass is 10.2. The molecule has 7 nitrogen and oxygen atoms in total. The fourth-order valence-electron chi connectivity index (χ4n) is 2.34. The van der Waals surface area contributed by atoms with Crippen LogP contribution in [-0.2, 0) is 4.74 Å². The Morgan fingerprint density at radius 3 is 3.09 bits per heavy atom. The number of hydrogen-bond donors (Lipinski definition) is 2. The molecule has 1 fully saturated rings. The van der Waals surface area contributed by atoms with Crippen molar-refractivity contribution in [3.63, 3.8) is 0 Å². The summed E-state index contributed by atoms with van der Waals surface area (Å²) in [4.78, 5) is 4.40. The smallest absolute Gasteiger partial charge is 0.244 e. The molecule has 116 valence electrons. The van der Waals surface area contributed by atoms with Crippen LogP contribution < -0.4 is 15.4 Å². The van der Waals surface area contributed by atoms with E-state index in [0.717, 1.165) is 30.9 Å². The van der Waals surface area contributed by atoms with E-state index in [2.05, 4.69) is 25.8 Å². The maximum absolute atomic E-state index is 5.56. The van der Waals surface area contributed by atoms with E-state index in [0.29, 0.717) is 18.3 Å². The van der Waals surface area contributed by atoms with Gasteiger partial charge in [0.1, 0.15) is 5.75 Å². The SMILES string of the molecule is COc1ccccc1Nc1cnnc(NCC2CCCO2)n1. The van der Waals surface area contributed by atoms with Crippen molar-refractivity contribution >= 4 is 17.5 Å². The van der Waals surface area contributed by atoms with Crippen LogP contribution in [0, 0.1) is 0 Å². The number of nitrogens with zero attached hydrogens (tertiary/aromatic N) is 3. The van der Waals surface area contributed by atoms with Gasteiger partial charge in [-0.25, -0.2) is 0 Å². The van der Waals surface area contributed by atoms with Crippen molar-refractivity contribution in [2.24, 2.45) is 0 Å². The second kappa shape index (κ2) is 7.04. The van der Waals surface area contributed by atoms with Crippen molar-refractivity contribution in [3.05, 3.63) is 30.5 Å². The summed E-state index contributed by atoms with van der Waals surface area (Å²) in [6, 6.07) is 7.64. The van der Waals surface area contributed by atoms with Gasteiger partial charge >= 0.3 is 0 Å². The highest BCUT2D eigenvalue weighted by molar-refractivity contribution is 5.63. The molecular weight excluding hydrogens is 282 g/mol. The number of anilines is 3. The van der Waals surface area contributed by atoms with Gasteiger partial charge in [0.15, 0.2) is 5.82 Å². The lowest BCUT2D eigenvalue weighted by molar-refractivity contribution is 0.120. The minimum absolute atomic E-state index is 0.231. The van der Waals surface area contributed by atoms with Crippen LogP contribution in [0.25, 0.3) is 0 Å². The van der Waals surface area contributed by atoms with Crippen molar-refractivity contribution < 1.29 is 9.47 Å². The third-order valence-corrected chi connectivity index (χ3v) is 3.44. The average Bonchev–Trinajstić information content (AvgIpc) is 3.07. The zero-order valence-electron chi connectivity index (χ0n) is 12.5. The van der Waals surface area contributed by atoms with Crippen LogP contribution in [0.2, 0.25) is 0 Å². The Hall–Kier alpha value is -2.41. The van der Waals surface area contributed by atoms with Crippen LogP contribution in [0.5, 0.6) is 5.75 Å². The minimum atomic E-state index is 0.231. The molecular formula is C15H19N5O2. The first-order valence-electron chi connectivity index (χ1n) is 7.30. The summed E-state index contributed by atoms with van der Waals surface area (Å²) in [5, 5.41) is 14.3. The van der Waals surface area contributed by atoms with Gasteiger partial charge in [-0.15, -0.1) is 5.10 Å². The molecule has 1 aliphatic rings. The van der Waals surface area contributed by atoms with Crippen LogP contribution in [0.3, 0.4) is 0 Å². The average molecular weight is 301 g/mol. The normalized spacial score (nSPS) is 17.2. The molecule has 3 rings (SSSR count). The Morgan fingerprint density at radius 2 is 2.27 bits per heavy atom. The van der Waals surface area contributed by atoms with Gasteiger partial charge in [0.05, 0.1) is 25.1 Å². The molecule has 1 aromatic carbocycles. The number of rotatable bonds is 6. The highest BCUT2D eigenvalue weighted by Crippen LogP contribution is 2.26. The van der Waals surface area contributed by atoms with Gasteiger partial charge in [-0.3, -0.25) is 0 Å². The second-order valence-corrected chi connectivity index (χ2v) is 5.01. The number of methoxy groups -OCH3 is 1. The zero-order chi connectivity index (χ0) is 15.2. The fraction of sp³-hybridized carbons (Fsp3) is 0.400. The summed E-state index contributed by atoms with van der Waals surface area (Å²) in [6.07, 6.45) is 3.99. The lowest BCUT2D eigenvalue weighted by Gasteiger charge is -2.12. The zero-order valence-corrected chi connectivity index (χ0v) is 12.5. The summed E-state index contributed by atoms with van der Waals surface area (Å²) in [5.74, 6) is 1.83. The predicted molar refractivity (Wildman–Crippen MR) is 83.6 cm³/mol. The molecule has 0 radical (unpaired) electrons. The number of nitrogens with one attached hydrogen (secondary N) is 2. The van der Waals surface area contributed by atoms with E-state index in [1.54, 1.807) is 13.3 Å². The van der Waals surface area contributed by atoms with Gasteiger partial charge in [0.2, 0.25) is 5.95 Å². The van der Waals surface area contributed by atoms with Crippen molar-refractivity contribution in [2.45, 2.75) is 18.9 Å². The number of para-hydroxylation sites is 2. The quantitative estimate of drug-likeness (QED) is 0.846. The minimum Gasteiger partial charge on any atom is -0.495 e. The van der Waals surface area contributed by atoms with E-state index in [9.17, 15) is 0 Å². The molecule has 0 bridgehead atoms. The number of aromatic nitrogens is 3. The molecule has 2 aromatic rings. The van der Waals surface area contributed by atoms with Gasteiger partial charge in [-0.05, 0) is 25.0 Å². The van der Waals surface area contributed by atoms with E-state index in [4.69, 9.17) is 9.47 Å². The maximum atomic E-state index is 5.56. The third-order valence-electron chi connectivity index (χ3n) is 3.44. The van der Waals surface area contributed by atoms with Crippen LogP contribution in [-0.4, -0.2) is 41.5 Å². The molecule has 1 aliphatic heterocycles. The van der Waals surface area contributed by atoms with Gasteiger partial charge < -0.3 is 20.1 Å². The van der Waals surface area contributed by atoms with Gasteiger partial charge in [0.25, 0.3) is 0 Å². The Kier molecular flexibility index (Phi) is 4.65. The van der Waals surface area contributed by atoms with Crippen molar-refractivity contribution in [2.75, 3.05) is 30.9 Å². The highest BCUT2D eigenvalue weighted by atomic mass is 16.5. The fourth-order valence-corrected chi connectivity index (χ4v) is 2.34. The molecule has 0 aliphatic carbocycles. The first kappa shape index (κ1) is 14.5. The van der Waals surface area contributed by atoms with Crippen molar-refractivity contribution in [1.29, 1.82) is 0 Å². The third kappa shape index (κ3) is 3.62. The Balaban J connectivity index is 1.65. The van der Waals surface area contributed by atoms with Crippen LogP contribution in [0.4, 0.5) is 17.5 Å². The summed E-state index contributed by atoms with van der Waals surface area (Å²) < 4.78 is 10.9. The Labute approximate surface area is 129 Å². The molecule has 1 unspecified atom stereocenters. The molecule has 0 spiro atoms. The lowest BCUT2D eigenvalue weighted by Crippen LogP contribution is -2.20. The van der Waals surface area contributed by atoms with Crippen LogP contribution in [0.15, 0.2) is 30.5 Å². The van der Waals surface area contributed by atoms with E-state index >= 15 is 0 Å². The van der Waals surface area contributed by atoms with E-state index in [1.165, 1.54) is 0 Å². The summed E-state index contributed by atoms with van der Waals surface area (Å²) in [6.45, 7) is 1.53. The van der Waals surface area contributed by atoms with E-state index in [1.807, 2.05) is 24.3 Å². The first-order chi connectivity index (χ1) is 10.8. The van der Waals surface area contributed by atoms with Gasteiger partial charge in [0, 0.05) is 13.2 Å². The van der Waals surface area contributed by atoms with Crippen molar-refractivity contribution in [1.82, 2.24) is 15.2 Å². The molecule has 2 heterocycles. The summed E-state index contributed by atoms with van der Waals surface area (Å²) in [5.41, 5.74) is 0.829. The van der Waals surface area contributed by atoms with Gasteiger partial charge in [-0.1, -0.05) is 12.1 Å². The molecule has 2 N–H and O–H groups in total. The second-order valence-electron chi connectivity index (χ2n) is 5.01. The summed E-state index contributed by atoms with van der Waals surface area (Å²) in [7, 11) is 1.63. The Morgan fingerprint density at radius 1 is 1.36 bits per heavy atom. The van der Waals surface area contributed by atoms with Crippen LogP contribution >= 0.6 is 0 Å². The molecule has 0 amide bonds. The number of benzene rings is 1.